The molecule has 0 aromatic heterocycles. The van der Waals surface area contributed by atoms with Crippen LogP contribution in [0.3, 0.4) is 0 Å². The lowest BCUT2D eigenvalue weighted by atomic mass is 10.3. The minimum absolute atomic E-state index is 0.0611. The number of nitrogens with one attached hydrogen (secondary N) is 1. The summed E-state index contributed by atoms with van der Waals surface area (Å²) >= 11 is 3.33. The van der Waals surface area contributed by atoms with E-state index in [4.69, 9.17) is 0 Å². The number of carbonyl (C=O) groups is 1. The molecule has 7 heteroatoms. The molecule has 1 rings (SSSR count). The Kier molecular flexibility index (Phi) is 6.83. The maximum absolute atomic E-state index is 11.9. The number of carbonyl (C=O) groups excluding carboxylic acids is 1. The van der Waals surface area contributed by atoms with Gasteiger partial charge in [0.2, 0.25) is 5.91 Å². The molecule has 1 amide bonds. The number of benzene rings is 1. The van der Waals surface area contributed by atoms with Crippen LogP contribution in [0.15, 0.2) is 28.7 Å². The molecule has 1 atom stereocenters. The lowest BCUT2D eigenvalue weighted by Gasteiger charge is -2.23. The lowest BCUT2D eigenvalue weighted by Crippen LogP contribution is -2.40. The number of sulfone groups is 1. The largest absolute Gasteiger partial charge is 0.325 e. The van der Waals surface area contributed by atoms with Gasteiger partial charge in [0.15, 0.2) is 9.84 Å². The highest BCUT2D eigenvalue weighted by molar-refractivity contribution is 9.10. The molecule has 5 nitrogen and oxygen atoms in total. The van der Waals surface area contributed by atoms with Gasteiger partial charge < -0.3 is 5.32 Å². The predicted molar refractivity (Wildman–Crippen MR) is 89.2 cm³/mol. The van der Waals surface area contributed by atoms with Crippen LogP contribution in [0.2, 0.25) is 0 Å². The van der Waals surface area contributed by atoms with Gasteiger partial charge >= 0.3 is 0 Å². The molecule has 0 heterocycles. The molecule has 1 aromatic rings. The van der Waals surface area contributed by atoms with Crippen LogP contribution < -0.4 is 5.32 Å². The number of hydrogen-bond acceptors (Lipinski definition) is 4. The van der Waals surface area contributed by atoms with Crippen molar-refractivity contribution in [3.05, 3.63) is 28.7 Å². The van der Waals surface area contributed by atoms with E-state index in [-0.39, 0.29) is 30.0 Å². The van der Waals surface area contributed by atoms with Gasteiger partial charge in [0, 0.05) is 22.0 Å². The number of hydrogen-bond donors (Lipinski definition) is 1. The minimum Gasteiger partial charge on any atom is -0.325 e. The molecule has 0 aliphatic heterocycles. The number of likely N-dealkylation sites (N-methyl/N-ethyl adjacent to an activating group) is 1. The molecule has 0 bridgehead atoms. The van der Waals surface area contributed by atoms with E-state index in [2.05, 4.69) is 21.2 Å². The zero-order chi connectivity index (χ0) is 16.0. The summed E-state index contributed by atoms with van der Waals surface area (Å²) in [4.78, 5) is 13.7. The van der Waals surface area contributed by atoms with Crippen molar-refractivity contribution in [3.63, 3.8) is 0 Å². The fraction of sp³-hybridized carbons (Fsp3) is 0.500. The summed E-state index contributed by atoms with van der Waals surface area (Å²) in [5.74, 6) is 0.0162. The van der Waals surface area contributed by atoms with Crippen molar-refractivity contribution >= 4 is 37.4 Å². The van der Waals surface area contributed by atoms with E-state index in [1.165, 1.54) is 0 Å². The van der Waals surface area contributed by atoms with E-state index >= 15 is 0 Å². The summed E-state index contributed by atoms with van der Waals surface area (Å²) in [6.07, 6.45) is 0. The van der Waals surface area contributed by atoms with Gasteiger partial charge in [-0.3, -0.25) is 9.69 Å². The Morgan fingerprint density at radius 2 is 1.90 bits per heavy atom. The molecule has 118 valence electrons. The molecular formula is C14H21BrN2O3S. The third-order valence-corrected chi connectivity index (χ3v) is 5.61. The van der Waals surface area contributed by atoms with Crippen LogP contribution in [0.1, 0.15) is 13.8 Å². The van der Waals surface area contributed by atoms with E-state index in [1.807, 2.05) is 12.1 Å². The number of halogens is 1. The monoisotopic (exact) mass is 376 g/mol. The SMILES string of the molecule is CCS(=O)(=O)CC(C)N(C)CC(=O)Nc1ccc(Br)cc1. The van der Waals surface area contributed by atoms with E-state index in [1.54, 1.807) is 37.9 Å². The summed E-state index contributed by atoms with van der Waals surface area (Å²) in [6, 6.07) is 7.08. The van der Waals surface area contributed by atoms with Crippen LogP contribution >= 0.6 is 15.9 Å². The number of amides is 1. The standard InChI is InChI=1S/C14H21BrN2O3S/c1-4-21(19,20)10-11(2)17(3)9-14(18)16-13-7-5-12(15)6-8-13/h5-8,11H,4,9-10H2,1-3H3,(H,16,18). The number of nitrogens with zero attached hydrogens (tertiary/aromatic N) is 1. The summed E-state index contributed by atoms with van der Waals surface area (Å²) in [5, 5.41) is 2.78. The Balaban J connectivity index is 2.52. The van der Waals surface area contributed by atoms with Gasteiger partial charge in [-0.1, -0.05) is 22.9 Å². The number of anilines is 1. The molecule has 0 aliphatic rings. The normalized spacial score (nSPS) is 13.2. The smallest absolute Gasteiger partial charge is 0.238 e. The fourth-order valence-corrected chi connectivity index (χ4v) is 3.22. The lowest BCUT2D eigenvalue weighted by molar-refractivity contribution is -0.117. The third-order valence-electron chi connectivity index (χ3n) is 3.21. The number of rotatable bonds is 7. The van der Waals surface area contributed by atoms with Gasteiger partial charge in [-0.2, -0.15) is 0 Å². The molecule has 0 fully saturated rings. The molecule has 21 heavy (non-hydrogen) atoms. The summed E-state index contributed by atoms with van der Waals surface area (Å²) in [5.41, 5.74) is 0.713. The molecule has 1 aromatic carbocycles. The van der Waals surface area contributed by atoms with Crippen molar-refractivity contribution in [2.45, 2.75) is 19.9 Å². The summed E-state index contributed by atoms with van der Waals surface area (Å²) < 4.78 is 24.1. The first-order chi connectivity index (χ1) is 9.73. The van der Waals surface area contributed by atoms with Gasteiger partial charge in [-0.05, 0) is 38.2 Å². The van der Waals surface area contributed by atoms with E-state index in [0.29, 0.717) is 5.69 Å². The van der Waals surface area contributed by atoms with Crippen molar-refractivity contribution in [3.8, 4) is 0 Å². The van der Waals surface area contributed by atoms with Crippen LogP contribution in [-0.4, -0.2) is 50.4 Å². The minimum atomic E-state index is -3.04. The van der Waals surface area contributed by atoms with Gasteiger partial charge in [0.05, 0.1) is 12.3 Å². The second-order valence-corrected chi connectivity index (χ2v) is 8.33. The average Bonchev–Trinajstić information content (AvgIpc) is 2.40. The van der Waals surface area contributed by atoms with Gasteiger partial charge in [-0.25, -0.2) is 8.42 Å². The first-order valence-corrected chi connectivity index (χ1v) is 9.31. The Morgan fingerprint density at radius 1 is 1.33 bits per heavy atom. The Labute approximate surface area is 134 Å². The van der Waals surface area contributed by atoms with Crippen molar-refractivity contribution < 1.29 is 13.2 Å². The second-order valence-electron chi connectivity index (χ2n) is 5.02. The Bertz CT molecular complexity index is 572. The zero-order valence-corrected chi connectivity index (χ0v) is 14.9. The van der Waals surface area contributed by atoms with Crippen LogP contribution in [0.4, 0.5) is 5.69 Å². The molecular weight excluding hydrogens is 356 g/mol. The molecule has 1 unspecified atom stereocenters. The second kappa shape index (κ2) is 7.91. The van der Waals surface area contributed by atoms with Crippen molar-refractivity contribution in [2.75, 3.05) is 30.4 Å². The highest BCUT2D eigenvalue weighted by Gasteiger charge is 2.19. The maximum Gasteiger partial charge on any atom is 0.238 e. The van der Waals surface area contributed by atoms with E-state index < -0.39 is 9.84 Å². The first-order valence-electron chi connectivity index (χ1n) is 6.69. The fourth-order valence-electron chi connectivity index (χ4n) is 1.73. The Morgan fingerprint density at radius 3 is 2.43 bits per heavy atom. The van der Waals surface area contributed by atoms with Gasteiger partial charge in [-0.15, -0.1) is 0 Å². The van der Waals surface area contributed by atoms with Crippen LogP contribution in [0.25, 0.3) is 0 Å². The van der Waals surface area contributed by atoms with Crippen LogP contribution in [-0.2, 0) is 14.6 Å². The highest BCUT2D eigenvalue weighted by Crippen LogP contribution is 2.14. The molecule has 0 saturated carbocycles. The van der Waals surface area contributed by atoms with Crippen LogP contribution in [0, 0.1) is 0 Å². The predicted octanol–water partition coefficient (Wildman–Crippen LogP) is 2.14. The molecule has 0 radical (unpaired) electrons. The van der Waals surface area contributed by atoms with Crippen molar-refractivity contribution in [2.24, 2.45) is 0 Å². The molecule has 0 aliphatic carbocycles. The van der Waals surface area contributed by atoms with Gasteiger partial charge in [0.1, 0.15) is 0 Å². The van der Waals surface area contributed by atoms with Crippen LogP contribution in [0.5, 0.6) is 0 Å². The molecule has 0 spiro atoms. The Hall–Kier alpha value is -0.920. The molecule has 0 saturated heterocycles. The van der Waals surface area contributed by atoms with E-state index in [0.717, 1.165) is 4.47 Å². The first kappa shape index (κ1) is 18.1. The summed E-state index contributed by atoms with van der Waals surface area (Å²) in [7, 11) is -1.29. The average molecular weight is 377 g/mol. The maximum atomic E-state index is 11.9. The van der Waals surface area contributed by atoms with Crippen molar-refractivity contribution in [1.29, 1.82) is 0 Å². The highest BCUT2D eigenvalue weighted by atomic mass is 79.9. The van der Waals surface area contributed by atoms with E-state index in [9.17, 15) is 13.2 Å². The quantitative estimate of drug-likeness (QED) is 0.791. The molecule has 1 N–H and O–H groups in total. The summed E-state index contributed by atoms with van der Waals surface area (Å²) in [6.45, 7) is 3.58. The zero-order valence-electron chi connectivity index (χ0n) is 12.5. The third kappa shape index (κ3) is 6.58. The van der Waals surface area contributed by atoms with Gasteiger partial charge in [0.25, 0.3) is 0 Å². The van der Waals surface area contributed by atoms with Crippen molar-refractivity contribution in [1.82, 2.24) is 4.90 Å². The topological polar surface area (TPSA) is 66.5 Å².